The van der Waals surface area contributed by atoms with Crippen LogP contribution in [0.2, 0.25) is 0 Å². The second-order valence-electron chi connectivity index (χ2n) is 6.71. The van der Waals surface area contributed by atoms with Crippen LogP contribution in [-0.2, 0) is 0 Å². The van der Waals surface area contributed by atoms with Gasteiger partial charge in [0.15, 0.2) is 10.6 Å². The fourth-order valence-corrected chi connectivity index (χ4v) is 4.61. The molecule has 136 valence electrons. The number of methoxy groups -OCH3 is 1. The first kappa shape index (κ1) is 17.2. The molecular formula is C21H24N2O2S. The quantitative estimate of drug-likeness (QED) is 0.534. The summed E-state index contributed by atoms with van der Waals surface area (Å²) >= 11 is 1.68. The number of aromatic nitrogens is 1. The van der Waals surface area contributed by atoms with E-state index >= 15 is 0 Å². The molecule has 1 saturated carbocycles. The second kappa shape index (κ2) is 7.96. The fourth-order valence-electron chi connectivity index (χ4n) is 3.64. The molecule has 2 heterocycles. The van der Waals surface area contributed by atoms with Crippen LogP contribution in [0.1, 0.15) is 44.6 Å². The van der Waals surface area contributed by atoms with Gasteiger partial charge in [0, 0.05) is 11.4 Å². The van der Waals surface area contributed by atoms with Crippen LogP contribution in [0, 0.1) is 0 Å². The number of thiazole rings is 1. The third-order valence-corrected chi connectivity index (χ3v) is 5.84. The van der Waals surface area contributed by atoms with Crippen LogP contribution in [0.3, 0.4) is 0 Å². The summed E-state index contributed by atoms with van der Waals surface area (Å²) < 4.78 is 13.4. The molecule has 0 amide bonds. The molecule has 0 unspecified atom stereocenters. The topological polar surface area (TPSA) is 39.7 Å². The lowest BCUT2D eigenvalue weighted by molar-refractivity contribution is 0.415. The lowest BCUT2D eigenvalue weighted by atomic mass is 10.1. The van der Waals surface area contributed by atoms with Crippen molar-refractivity contribution in [3.63, 3.8) is 0 Å². The molecule has 1 aromatic carbocycles. The number of furan rings is 1. The van der Waals surface area contributed by atoms with Gasteiger partial charge in [-0.2, -0.15) is 0 Å². The maximum absolute atomic E-state index is 5.70. The van der Waals surface area contributed by atoms with Gasteiger partial charge in [0.05, 0.1) is 24.8 Å². The summed E-state index contributed by atoms with van der Waals surface area (Å²) in [5, 5.41) is 2.17. The molecule has 4 nitrogen and oxygen atoms in total. The van der Waals surface area contributed by atoms with Crippen LogP contribution in [0.15, 0.2) is 57.5 Å². The molecule has 1 fully saturated rings. The summed E-state index contributed by atoms with van der Waals surface area (Å²) in [5.41, 5.74) is 2.08. The zero-order valence-corrected chi connectivity index (χ0v) is 15.9. The van der Waals surface area contributed by atoms with E-state index in [1.54, 1.807) is 24.7 Å². The van der Waals surface area contributed by atoms with E-state index in [-0.39, 0.29) is 0 Å². The highest BCUT2D eigenvalue weighted by atomic mass is 32.1. The Hall–Kier alpha value is -2.27. The van der Waals surface area contributed by atoms with Crippen LogP contribution in [0.4, 0.5) is 5.69 Å². The van der Waals surface area contributed by atoms with E-state index in [9.17, 15) is 0 Å². The fraction of sp³-hybridized carbons (Fsp3) is 0.381. The first-order chi connectivity index (χ1) is 12.8. The number of ether oxygens (including phenoxy) is 1. The standard InChI is InChI=1S/C21H24N2O2S/c1-24-18-12-10-16(11-13-18)22-21-23(17-7-4-2-3-5-8-17)19(15-26-21)20-9-6-14-25-20/h6,9-15,17H,2-5,7-8H2,1H3. The van der Waals surface area contributed by atoms with E-state index < -0.39 is 0 Å². The van der Waals surface area contributed by atoms with Crippen molar-refractivity contribution in [2.75, 3.05) is 7.11 Å². The first-order valence-corrected chi connectivity index (χ1v) is 10.2. The minimum atomic E-state index is 0.487. The maximum Gasteiger partial charge on any atom is 0.190 e. The molecule has 4 rings (SSSR count). The molecule has 0 N–H and O–H groups in total. The molecular weight excluding hydrogens is 344 g/mol. The molecule has 3 aromatic rings. The van der Waals surface area contributed by atoms with Crippen molar-refractivity contribution in [1.29, 1.82) is 0 Å². The molecule has 2 aromatic heterocycles. The van der Waals surface area contributed by atoms with Gasteiger partial charge in [-0.25, -0.2) is 4.99 Å². The Kier molecular flexibility index (Phi) is 5.25. The monoisotopic (exact) mass is 368 g/mol. The molecule has 5 heteroatoms. The third-order valence-electron chi connectivity index (χ3n) is 5.00. The number of hydrogen-bond donors (Lipinski definition) is 0. The van der Waals surface area contributed by atoms with E-state index in [0.717, 1.165) is 27.7 Å². The highest BCUT2D eigenvalue weighted by molar-refractivity contribution is 7.07. The van der Waals surface area contributed by atoms with E-state index in [2.05, 4.69) is 9.95 Å². The predicted octanol–water partition coefficient (Wildman–Crippen LogP) is 5.95. The van der Waals surface area contributed by atoms with Crippen molar-refractivity contribution in [3.05, 3.63) is 52.8 Å². The van der Waals surface area contributed by atoms with Gasteiger partial charge in [-0.15, -0.1) is 11.3 Å². The summed E-state index contributed by atoms with van der Waals surface area (Å²) in [4.78, 5) is 5.97. The van der Waals surface area contributed by atoms with Gasteiger partial charge in [0.2, 0.25) is 0 Å². The zero-order valence-electron chi connectivity index (χ0n) is 15.1. The lowest BCUT2D eigenvalue weighted by Crippen LogP contribution is -2.21. The van der Waals surface area contributed by atoms with Gasteiger partial charge in [-0.3, -0.25) is 0 Å². The third kappa shape index (κ3) is 3.63. The number of nitrogens with zero attached hydrogens (tertiary/aromatic N) is 2. The Labute approximate surface area is 157 Å². The summed E-state index contributed by atoms with van der Waals surface area (Å²) in [7, 11) is 1.68. The van der Waals surface area contributed by atoms with Crippen molar-refractivity contribution in [2.24, 2.45) is 4.99 Å². The summed E-state index contributed by atoms with van der Waals surface area (Å²) in [6.07, 6.45) is 9.40. The Morgan fingerprint density at radius 2 is 1.85 bits per heavy atom. The predicted molar refractivity (Wildman–Crippen MR) is 105 cm³/mol. The van der Waals surface area contributed by atoms with Gasteiger partial charge in [-0.05, 0) is 49.2 Å². The van der Waals surface area contributed by atoms with Crippen LogP contribution < -0.4 is 9.54 Å². The first-order valence-electron chi connectivity index (χ1n) is 9.28. The van der Waals surface area contributed by atoms with Gasteiger partial charge in [-0.1, -0.05) is 25.7 Å². The molecule has 0 aliphatic heterocycles. The minimum absolute atomic E-state index is 0.487. The van der Waals surface area contributed by atoms with E-state index in [4.69, 9.17) is 14.1 Å². The summed E-state index contributed by atoms with van der Waals surface area (Å²) in [5.74, 6) is 1.77. The minimum Gasteiger partial charge on any atom is -0.497 e. The SMILES string of the molecule is COc1ccc(N=c2scc(-c3ccco3)n2C2CCCCCC2)cc1. The zero-order chi connectivity index (χ0) is 17.8. The Morgan fingerprint density at radius 3 is 2.50 bits per heavy atom. The maximum atomic E-state index is 5.70. The van der Waals surface area contributed by atoms with Gasteiger partial charge >= 0.3 is 0 Å². The highest BCUT2D eigenvalue weighted by Gasteiger charge is 2.20. The molecule has 0 spiro atoms. The van der Waals surface area contributed by atoms with E-state index in [0.29, 0.717) is 6.04 Å². The molecule has 0 atom stereocenters. The molecule has 26 heavy (non-hydrogen) atoms. The molecule has 1 aliphatic carbocycles. The largest absolute Gasteiger partial charge is 0.497 e. The van der Waals surface area contributed by atoms with Crippen LogP contribution in [0.25, 0.3) is 11.5 Å². The van der Waals surface area contributed by atoms with Crippen LogP contribution >= 0.6 is 11.3 Å². The molecule has 0 radical (unpaired) electrons. The van der Waals surface area contributed by atoms with Crippen molar-refractivity contribution >= 4 is 17.0 Å². The second-order valence-corrected chi connectivity index (χ2v) is 7.54. The van der Waals surface area contributed by atoms with Gasteiger partial charge in [0.25, 0.3) is 0 Å². The number of hydrogen-bond acceptors (Lipinski definition) is 4. The molecule has 0 bridgehead atoms. The Balaban J connectivity index is 1.79. The summed E-state index contributed by atoms with van der Waals surface area (Å²) in [6, 6.07) is 12.4. The van der Waals surface area contributed by atoms with Crippen LogP contribution in [-0.4, -0.2) is 11.7 Å². The Morgan fingerprint density at radius 1 is 1.08 bits per heavy atom. The highest BCUT2D eigenvalue weighted by Crippen LogP contribution is 2.32. The van der Waals surface area contributed by atoms with E-state index in [1.807, 2.05) is 36.4 Å². The van der Waals surface area contributed by atoms with Crippen molar-refractivity contribution < 1.29 is 9.15 Å². The molecule has 1 aliphatic rings. The average molecular weight is 369 g/mol. The van der Waals surface area contributed by atoms with E-state index in [1.165, 1.54) is 38.5 Å². The average Bonchev–Trinajstić information content (AvgIpc) is 3.26. The number of benzene rings is 1. The van der Waals surface area contributed by atoms with Crippen LogP contribution in [0.5, 0.6) is 5.75 Å². The normalized spacial score (nSPS) is 16.6. The van der Waals surface area contributed by atoms with Gasteiger partial charge in [0.1, 0.15) is 5.75 Å². The van der Waals surface area contributed by atoms with Crippen molar-refractivity contribution in [2.45, 2.75) is 44.6 Å². The smallest absolute Gasteiger partial charge is 0.190 e. The number of rotatable bonds is 4. The summed E-state index contributed by atoms with van der Waals surface area (Å²) in [6.45, 7) is 0. The lowest BCUT2D eigenvalue weighted by Gasteiger charge is -2.19. The van der Waals surface area contributed by atoms with Gasteiger partial charge < -0.3 is 13.7 Å². The van der Waals surface area contributed by atoms with Crippen molar-refractivity contribution in [3.8, 4) is 17.2 Å². The molecule has 0 saturated heterocycles. The Bertz CT molecular complexity index is 883. The van der Waals surface area contributed by atoms with Crippen molar-refractivity contribution in [1.82, 2.24) is 4.57 Å².